The third-order valence-electron chi connectivity index (χ3n) is 6.77. The van der Waals surface area contributed by atoms with Crippen LogP contribution in [0, 0.1) is 3.57 Å². The van der Waals surface area contributed by atoms with Gasteiger partial charge in [0.05, 0.1) is 32.9 Å². The quantitative estimate of drug-likeness (QED) is 0.331. The van der Waals surface area contributed by atoms with E-state index in [9.17, 15) is 18.0 Å². The lowest BCUT2D eigenvalue weighted by Crippen LogP contribution is -2.49. The number of nitrogens with one attached hydrogen (secondary N) is 1. The molecule has 0 saturated carbocycles. The summed E-state index contributed by atoms with van der Waals surface area (Å²) in [5, 5.41) is 0. The molecule has 4 rings (SSSR count). The predicted octanol–water partition coefficient (Wildman–Crippen LogP) is 2.06. The summed E-state index contributed by atoms with van der Waals surface area (Å²) in [6.45, 7) is 8.03. The van der Waals surface area contributed by atoms with Crippen molar-refractivity contribution in [1.29, 1.82) is 0 Å². The molecule has 1 fully saturated rings. The van der Waals surface area contributed by atoms with Gasteiger partial charge in [-0.15, -0.1) is 0 Å². The van der Waals surface area contributed by atoms with Gasteiger partial charge in [0.2, 0.25) is 10.0 Å². The predicted molar refractivity (Wildman–Crippen MR) is 154 cm³/mol. The first kappa shape index (κ1) is 28.8. The Morgan fingerprint density at radius 2 is 1.79 bits per heavy atom. The number of methoxy groups -OCH3 is 1. The van der Waals surface area contributed by atoms with Crippen LogP contribution in [0.25, 0.3) is 22.3 Å². The number of ether oxygens (including phenoxy) is 2. The van der Waals surface area contributed by atoms with Crippen molar-refractivity contribution >= 4 is 43.6 Å². The van der Waals surface area contributed by atoms with E-state index >= 15 is 0 Å². The van der Waals surface area contributed by atoms with Crippen LogP contribution < -0.4 is 16.0 Å². The first-order valence-corrected chi connectivity index (χ1v) is 15.2. The summed E-state index contributed by atoms with van der Waals surface area (Å²) in [7, 11) is -0.659. The Hall–Kier alpha value is -2.20. The monoisotopic (exact) mass is 659 g/mol. The molecule has 1 aromatic carbocycles. The molecule has 0 unspecified atom stereocenters. The number of benzene rings is 1. The third kappa shape index (κ3) is 5.30. The molecule has 13 heteroatoms. The summed E-state index contributed by atoms with van der Waals surface area (Å²) >= 11 is 2.11. The van der Waals surface area contributed by atoms with Crippen LogP contribution in [0.5, 0.6) is 5.75 Å². The molecule has 0 amide bonds. The van der Waals surface area contributed by atoms with Gasteiger partial charge in [0.25, 0.3) is 5.56 Å². The minimum absolute atomic E-state index is 0.148. The van der Waals surface area contributed by atoms with Crippen LogP contribution in [0.2, 0.25) is 0 Å². The Kier molecular flexibility index (Phi) is 9.02. The molecule has 1 aliphatic heterocycles. The lowest BCUT2D eigenvalue weighted by atomic mass is 10.1. The normalized spacial score (nSPS) is 15.4. The topological polar surface area (TPSA) is 119 Å². The van der Waals surface area contributed by atoms with E-state index in [0.29, 0.717) is 84.0 Å². The van der Waals surface area contributed by atoms with Gasteiger partial charge in [-0.1, -0.05) is 6.92 Å². The molecule has 0 radical (unpaired) electrons. The van der Waals surface area contributed by atoms with Gasteiger partial charge in [-0.3, -0.25) is 18.8 Å². The molecule has 208 valence electrons. The lowest BCUT2D eigenvalue weighted by Gasteiger charge is -2.33. The Morgan fingerprint density at radius 1 is 1.08 bits per heavy atom. The van der Waals surface area contributed by atoms with Crippen molar-refractivity contribution in [3.63, 3.8) is 0 Å². The van der Waals surface area contributed by atoms with E-state index in [0.717, 1.165) is 11.1 Å². The molecule has 0 spiro atoms. The van der Waals surface area contributed by atoms with E-state index in [4.69, 9.17) is 9.47 Å². The Balaban J connectivity index is 1.81. The van der Waals surface area contributed by atoms with Crippen molar-refractivity contribution in [2.75, 3.05) is 53.0 Å². The van der Waals surface area contributed by atoms with E-state index in [1.54, 1.807) is 29.9 Å². The number of hydrogen-bond donors (Lipinski definition) is 1. The number of sulfonamides is 1. The minimum Gasteiger partial charge on any atom is -0.493 e. The maximum atomic E-state index is 13.6. The number of aryl methyl sites for hydroxylation is 1. The molecule has 1 aliphatic rings. The maximum Gasteiger partial charge on any atom is 0.331 e. The molecule has 0 aliphatic carbocycles. The van der Waals surface area contributed by atoms with Crippen molar-refractivity contribution in [1.82, 2.24) is 23.3 Å². The fraction of sp³-hybridized carbons (Fsp3) is 0.520. The van der Waals surface area contributed by atoms with Gasteiger partial charge in [0.15, 0.2) is 0 Å². The van der Waals surface area contributed by atoms with E-state index < -0.39 is 15.6 Å². The fourth-order valence-corrected chi connectivity index (χ4v) is 7.17. The Labute approximate surface area is 235 Å². The summed E-state index contributed by atoms with van der Waals surface area (Å²) in [5.74, 6) is 0.488. The van der Waals surface area contributed by atoms with Crippen LogP contribution in [0.4, 0.5) is 0 Å². The molecule has 11 nitrogen and oxygen atoms in total. The minimum atomic E-state index is -3.77. The molecular formula is C25H34IN5O6S. The highest BCUT2D eigenvalue weighted by Crippen LogP contribution is 2.37. The van der Waals surface area contributed by atoms with Crippen LogP contribution in [0.3, 0.4) is 0 Å². The maximum absolute atomic E-state index is 13.6. The number of fused-ring (bicyclic) bond motifs is 1. The smallest absolute Gasteiger partial charge is 0.331 e. The fourth-order valence-electron chi connectivity index (χ4n) is 4.73. The van der Waals surface area contributed by atoms with Crippen LogP contribution in [0.1, 0.15) is 20.3 Å². The molecule has 2 aromatic heterocycles. The molecule has 3 heterocycles. The van der Waals surface area contributed by atoms with Gasteiger partial charge >= 0.3 is 5.69 Å². The van der Waals surface area contributed by atoms with Crippen LogP contribution in [0.15, 0.2) is 32.7 Å². The van der Waals surface area contributed by atoms with Gasteiger partial charge in [-0.25, -0.2) is 13.2 Å². The highest BCUT2D eigenvalue weighted by Gasteiger charge is 2.30. The molecule has 0 bridgehead atoms. The Morgan fingerprint density at radius 3 is 2.42 bits per heavy atom. The van der Waals surface area contributed by atoms with Crippen LogP contribution in [-0.2, 0) is 28.4 Å². The first-order valence-electron chi connectivity index (χ1n) is 12.6. The number of nitrogens with zero attached hydrogens (tertiary/aromatic N) is 4. The van der Waals surface area contributed by atoms with E-state index in [2.05, 4.69) is 32.5 Å². The number of halogens is 1. The van der Waals surface area contributed by atoms with E-state index in [1.807, 2.05) is 13.8 Å². The van der Waals surface area contributed by atoms with Gasteiger partial charge < -0.3 is 14.5 Å². The second-order valence-corrected chi connectivity index (χ2v) is 12.2. The van der Waals surface area contributed by atoms with Crippen molar-refractivity contribution in [3.05, 3.63) is 42.6 Å². The number of aromatic amines is 1. The average molecular weight is 660 g/mol. The Bertz CT molecular complexity index is 1540. The molecular weight excluding hydrogens is 625 g/mol. The van der Waals surface area contributed by atoms with E-state index in [1.165, 1.54) is 11.4 Å². The van der Waals surface area contributed by atoms with Gasteiger partial charge in [0, 0.05) is 59.0 Å². The molecule has 3 aromatic rings. The largest absolute Gasteiger partial charge is 0.493 e. The number of hydrogen-bond acceptors (Lipinski definition) is 7. The first-order chi connectivity index (χ1) is 18.1. The van der Waals surface area contributed by atoms with Crippen molar-refractivity contribution in [2.45, 2.75) is 31.7 Å². The summed E-state index contributed by atoms with van der Waals surface area (Å²) in [4.78, 5) is 31.4. The van der Waals surface area contributed by atoms with Gasteiger partial charge in [-0.2, -0.15) is 4.31 Å². The molecule has 38 heavy (non-hydrogen) atoms. The zero-order valence-corrected chi connectivity index (χ0v) is 25.1. The molecule has 1 saturated heterocycles. The SMILES string of the molecule is CCCn1c(=O)n(C)c(=O)c2[nH]c(-c3cc(S(=O)(=O)N4CCN(CCOC)CC4)ccc3OCC)c(I)c21. The summed E-state index contributed by atoms with van der Waals surface area (Å²) in [6.07, 6.45) is 0.709. The van der Waals surface area contributed by atoms with Crippen molar-refractivity contribution in [3.8, 4) is 17.0 Å². The standard InChI is InChI=1S/C25H34IN5O6S/c1-5-9-31-23-20(26)21(27-22(23)24(32)28(3)25(31)33)18-16-17(7-8-19(18)37-6-2)38(34,35)30-12-10-29(11-13-30)14-15-36-4/h7-8,16,27H,5-6,9-15H2,1-4H3. The van der Waals surface area contributed by atoms with Crippen LogP contribution >= 0.6 is 22.6 Å². The molecule has 0 atom stereocenters. The highest BCUT2D eigenvalue weighted by atomic mass is 127. The second kappa shape index (κ2) is 11.9. The van der Waals surface area contributed by atoms with Crippen LogP contribution in [-0.4, -0.2) is 84.8 Å². The average Bonchev–Trinajstić information content (AvgIpc) is 3.26. The third-order valence-corrected chi connectivity index (χ3v) is 9.71. The number of rotatable bonds is 10. The van der Waals surface area contributed by atoms with Gasteiger partial charge in [-0.05, 0) is 54.1 Å². The zero-order valence-electron chi connectivity index (χ0n) is 22.1. The number of piperazine rings is 1. The number of aromatic nitrogens is 3. The lowest BCUT2D eigenvalue weighted by molar-refractivity contribution is 0.123. The molecule has 1 N–H and O–H groups in total. The van der Waals surface area contributed by atoms with Gasteiger partial charge in [0.1, 0.15) is 11.3 Å². The number of H-pyrrole nitrogens is 1. The second-order valence-electron chi connectivity index (χ2n) is 9.17. The highest BCUT2D eigenvalue weighted by molar-refractivity contribution is 14.1. The summed E-state index contributed by atoms with van der Waals surface area (Å²) in [6, 6.07) is 4.80. The van der Waals surface area contributed by atoms with Crippen molar-refractivity contribution in [2.24, 2.45) is 7.05 Å². The summed E-state index contributed by atoms with van der Waals surface area (Å²) < 4.78 is 43.1. The van der Waals surface area contributed by atoms with Crippen molar-refractivity contribution < 1.29 is 17.9 Å². The zero-order chi connectivity index (χ0) is 27.6. The van der Waals surface area contributed by atoms with E-state index in [-0.39, 0.29) is 10.6 Å². The summed E-state index contributed by atoms with van der Waals surface area (Å²) in [5.41, 5.74) is 1.04.